The van der Waals surface area contributed by atoms with Crippen LogP contribution in [-0.4, -0.2) is 37.2 Å². The number of carbonyl (C=O) groups is 3. The van der Waals surface area contributed by atoms with Gasteiger partial charge in [0.2, 0.25) is 0 Å². The summed E-state index contributed by atoms with van der Waals surface area (Å²) < 4.78 is 16.8. The van der Waals surface area contributed by atoms with Crippen molar-refractivity contribution in [3.05, 3.63) is 0 Å². The molecule has 58 heavy (non-hydrogen) atoms. The molecule has 0 rings (SSSR count). The Bertz CT molecular complexity index is 859. The van der Waals surface area contributed by atoms with Crippen LogP contribution < -0.4 is 0 Å². The molecule has 0 amide bonds. The van der Waals surface area contributed by atoms with Gasteiger partial charge < -0.3 is 14.2 Å². The molecule has 0 aliphatic rings. The minimum Gasteiger partial charge on any atom is -0.462 e. The Morgan fingerprint density at radius 1 is 0.276 bits per heavy atom. The number of esters is 3. The van der Waals surface area contributed by atoms with Crippen LogP contribution >= 0.6 is 0 Å². The molecule has 0 saturated carbocycles. The van der Waals surface area contributed by atoms with Crippen molar-refractivity contribution in [3.8, 4) is 0 Å². The number of unbranched alkanes of at least 4 members (excludes halogenated alkanes) is 37. The van der Waals surface area contributed by atoms with E-state index in [1.54, 1.807) is 0 Å². The van der Waals surface area contributed by atoms with Crippen LogP contribution in [0.4, 0.5) is 0 Å². The van der Waals surface area contributed by atoms with Crippen LogP contribution in [0, 0.1) is 0 Å². The van der Waals surface area contributed by atoms with Crippen LogP contribution in [0.5, 0.6) is 0 Å². The number of hydrogen-bond donors (Lipinski definition) is 0. The maximum atomic E-state index is 12.7. The van der Waals surface area contributed by atoms with E-state index in [1.807, 2.05) is 0 Å². The molecule has 0 unspecified atom stereocenters. The molecule has 0 aromatic heterocycles. The van der Waals surface area contributed by atoms with E-state index in [0.29, 0.717) is 19.3 Å². The highest BCUT2D eigenvalue weighted by Crippen LogP contribution is 2.17. The minimum absolute atomic E-state index is 0.0621. The molecular formula is C52H100O6. The first-order chi connectivity index (χ1) is 28.5. The lowest BCUT2D eigenvalue weighted by atomic mass is 10.0. The summed E-state index contributed by atoms with van der Waals surface area (Å²) in [4.78, 5) is 37.8. The normalized spacial score (nSPS) is 11.8. The van der Waals surface area contributed by atoms with Crippen molar-refractivity contribution >= 4 is 17.9 Å². The van der Waals surface area contributed by atoms with E-state index in [4.69, 9.17) is 14.2 Å². The second kappa shape index (κ2) is 48.1. The van der Waals surface area contributed by atoms with E-state index in [-0.39, 0.29) is 31.1 Å². The summed E-state index contributed by atoms with van der Waals surface area (Å²) in [5.74, 6) is -0.844. The van der Waals surface area contributed by atoms with Crippen LogP contribution in [0.1, 0.15) is 297 Å². The van der Waals surface area contributed by atoms with E-state index < -0.39 is 6.10 Å². The lowest BCUT2D eigenvalue weighted by Crippen LogP contribution is -2.30. The molecule has 0 spiro atoms. The molecule has 344 valence electrons. The number of hydrogen-bond acceptors (Lipinski definition) is 6. The van der Waals surface area contributed by atoms with Crippen LogP contribution in [-0.2, 0) is 28.6 Å². The van der Waals surface area contributed by atoms with E-state index in [2.05, 4.69) is 20.8 Å². The lowest BCUT2D eigenvalue weighted by molar-refractivity contribution is -0.167. The van der Waals surface area contributed by atoms with Gasteiger partial charge in [-0.3, -0.25) is 14.4 Å². The predicted octanol–water partition coefficient (Wildman–Crippen LogP) is 16.8. The van der Waals surface area contributed by atoms with Crippen LogP contribution in [0.2, 0.25) is 0 Å². The van der Waals surface area contributed by atoms with Gasteiger partial charge in [-0.2, -0.15) is 0 Å². The summed E-state index contributed by atoms with van der Waals surface area (Å²) in [6.07, 6.45) is 50.9. The smallest absolute Gasteiger partial charge is 0.306 e. The topological polar surface area (TPSA) is 78.9 Å². The highest BCUT2D eigenvalue weighted by Gasteiger charge is 2.19. The quantitative estimate of drug-likeness (QED) is 0.0346. The first-order valence-electron chi connectivity index (χ1n) is 26.0. The predicted molar refractivity (Wildman–Crippen MR) is 247 cm³/mol. The SMILES string of the molecule is CCCCCCCCCCCCCCCCCCCCC(=O)OC[C@@H](COC(=O)CCCCCCCCCCCCCCC)OC(=O)CCCCCCCCCCC. The molecule has 0 N–H and O–H groups in total. The zero-order valence-corrected chi connectivity index (χ0v) is 39.3. The van der Waals surface area contributed by atoms with Gasteiger partial charge in [0.05, 0.1) is 0 Å². The Kier molecular flexibility index (Phi) is 46.8. The third-order valence-corrected chi connectivity index (χ3v) is 11.9. The van der Waals surface area contributed by atoms with Gasteiger partial charge in [-0.15, -0.1) is 0 Å². The van der Waals surface area contributed by atoms with Crippen LogP contribution in [0.25, 0.3) is 0 Å². The summed E-state index contributed by atoms with van der Waals surface area (Å²) in [6.45, 7) is 6.66. The number of ether oxygens (including phenoxy) is 3. The molecule has 0 aromatic carbocycles. The van der Waals surface area contributed by atoms with Crippen molar-refractivity contribution in [1.29, 1.82) is 0 Å². The lowest BCUT2D eigenvalue weighted by Gasteiger charge is -2.18. The molecule has 0 bridgehead atoms. The number of rotatable bonds is 48. The molecule has 0 radical (unpaired) electrons. The maximum Gasteiger partial charge on any atom is 0.306 e. The molecule has 0 aliphatic carbocycles. The summed E-state index contributed by atoms with van der Waals surface area (Å²) in [6, 6.07) is 0. The fraction of sp³-hybridized carbons (Fsp3) is 0.942. The summed E-state index contributed by atoms with van der Waals surface area (Å²) in [5.41, 5.74) is 0. The van der Waals surface area contributed by atoms with Crippen molar-refractivity contribution in [2.75, 3.05) is 13.2 Å². The molecule has 0 saturated heterocycles. The van der Waals surface area contributed by atoms with Crippen molar-refractivity contribution < 1.29 is 28.6 Å². The average Bonchev–Trinajstić information content (AvgIpc) is 3.22. The van der Waals surface area contributed by atoms with Gasteiger partial charge in [-0.1, -0.05) is 258 Å². The van der Waals surface area contributed by atoms with Gasteiger partial charge in [-0.05, 0) is 19.3 Å². The maximum absolute atomic E-state index is 12.7. The molecule has 1 atom stereocenters. The van der Waals surface area contributed by atoms with E-state index >= 15 is 0 Å². The first-order valence-corrected chi connectivity index (χ1v) is 26.0. The Morgan fingerprint density at radius 2 is 0.466 bits per heavy atom. The minimum atomic E-state index is -0.758. The second-order valence-corrected chi connectivity index (χ2v) is 17.8. The highest BCUT2D eigenvalue weighted by molar-refractivity contribution is 5.71. The summed E-state index contributed by atoms with van der Waals surface area (Å²) >= 11 is 0. The molecule has 0 heterocycles. The fourth-order valence-corrected chi connectivity index (χ4v) is 7.92. The van der Waals surface area contributed by atoms with Crippen LogP contribution in [0.3, 0.4) is 0 Å². The Morgan fingerprint density at radius 3 is 0.690 bits per heavy atom. The van der Waals surface area contributed by atoms with Gasteiger partial charge in [0, 0.05) is 19.3 Å². The first kappa shape index (κ1) is 56.4. The number of carbonyl (C=O) groups excluding carboxylic acids is 3. The van der Waals surface area contributed by atoms with E-state index in [0.717, 1.165) is 57.8 Å². The highest BCUT2D eigenvalue weighted by atomic mass is 16.6. The average molecular weight is 821 g/mol. The third-order valence-electron chi connectivity index (χ3n) is 11.9. The molecule has 0 aliphatic heterocycles. The van der Waals surface area contributed by atoms with Crippen molar-refractivity contribution in [3.63, 3.8) is 0 Å². The van der Waals surface area contributed by atoms with E-state index in [1.165, 1.54) is 199 Å². The van der Waals surface area contributed by atoms with Gasteiger partial charge in [0.25, 0.3) is 0 Å². The van der Waals surface area contributed by atoms with Gasteiger partial charge in [0.15, 0.2) is 6.10 Å². The molecule has 6 nitrogen and oxygen atoms in total. The fourth-order valence-electron chi connectivity index (χ4n) is 7.92. The molecule has 6 heteroatoms. The summed E-state index contributed by atoms with van der Waals surface area (Å²) in [5, 5.41) is 0. The third kappa shape index (κ3) is 45.5. The standard InChI is InChI=1S/C52H100O6/c1-4-7-10-13-16-19-21-23-24-25-26-27-29-31-34-36-39-42-45-51(54)57-48-49(58-52(55)46-43-40-37-32-18-15-12-9-6-3)47-56-50(53)44-41-38-35-33-30-28-22-20-17-14-11-8-5-2/h49H,4-48H2,1-3H3/t49-/m1/s1. The monoisotopic (exact) mass is 821 g/mol. The Labute approximate surface area is 361 Å². The zero-order chi connectivity index (χ0) is 42.3. The van der Waals surface area contributed by atoms with E-state index in [9.17, 15) is 14.4 Å². The van der Waals surface area contributed by atoms with Gasteiger partial charge in [-0.25, -0.2) is 0 Å². The largest absolute Gasteiger partial charge is 0.462 e. The Hall–Kier alpha value is -1.59. The van der Waals surface area contributed by atoms with Crippen molar-refractivity contribution in [2.45, 2.75) is 303 Å². The van der Waals surface area contributed by atoms with Crippen molar-refractivity contribution in [1.82, 2.24) is 0 Å². The van der Waals surface area contributed by atoms with Gasteiger partial charge in [0.1, 0.15) is 13.2 Å². The zero-order valence-electron chi connectivity index (χ0n) is 39.3. The van der Waals surface area contributed by atoms with Crippen molar-refractivity contribution in [2.24, 2.45) is 0 Å². The second-order valence-electron chi connectivity index (χ2n) is 17.8. The molecule has 0 fully saturated rings. The molecule has 0 aromatic rings. The van der Waals surface area contributed by atoms with Gasteiger partial charge >= 0.3 is 17.9 Å². The van der Waals surface area contributed by atoms with Crippen LogP contribution in [0.15, 0.2) is 0 Å². The Balaban J connectivity index is 4.20. The molecular weight excluding hydrogens is 721 g/mol. The summed E-state index contributed by atoms with van der Waals surface area (Å²) in [7, 11) is 0.